The Morgan fingerprint density at radius 3 is 3.00 bits per heavy atom. The number of benzene rings is 1. The third-order valence-corrected chi connectivity index (χ3v) is 4.78. The summed E-state index contributed by atoms with van der Waals surface area (Å²) in [4.78, 5) is 0. The molecule has 6 nitrogen and oxygen atoms in total. The van der Waals surface area contributed by atoms with Crippen molar-refractivity contribution in [3.8, 4) is 0 Å². The molecular weight excluding hydrogens is 301 g/mol. The van der Waals surface area contributed by atoms with Crippen LogP contribution in [0.5, 0.6) is 0 Å². The minimum absolute atomic E-state index is 0.177. The summed E-state index contributed by atoms with van der Waals surface area (Å²) in [6, 6.07) is 10.5. The van der Waals surface area contributed by atoms with E-state index in [9.17, 15) is 0 Å². The van der Waals surface area contributed by atoms with Crippen LogP contribution in [0, 0.1) is 0 Å². The molecule has 0 amide bonds. The van der Waals surface area contributed by atoms with Crippen molar-refractivity contribution in [2.24, 2.45) is 0 Å². The molecule has 0 spiro atoms. The lowest BCUT2D eigenvalue weighted by molar-refractivity contribution is -0.782. The predicted octanol–water partition coefficient (Wildman–Crippen LogP) is 3.82. The van der Waals surface area contributed by atoms with Crippen LogP contribution in [0.4, 0.5) is 5.88 Å². The van der Waals surface area contributed by atoms with Crippen molar-refractivity contribution in [2.45, 2.75) is 38.8 Å². The average Bonchev–Trinajstić information content (AvgIpc) is 2.97. The Bertz CT molecular complexity index is 593. The average molecular weight is 321 g/mol. The normalized spacial score (nSPS) is 23.2. The van der Waals surface area contributed by atoms with E-state index in [0.717, 1.165) is 12.8 Å². The molecule has 1 aliphatic heterocycles. The van der Waals surface area contributed by atoms with Crippen LogP contribution in [0.25, 0.3) is 5.09 Å². The number of hydrogen-bond donors (Lipinski definition) is 0. The van der Waals surface area contributed by atoms with Crippen molar-refractivity contribution in [3.05, 3.63) is 47.2 Å². The highest BCUT2D eigenvalue weighted by molar-refractivity contribution is 7.51. The SMILES string of the molecule is CC1CCOP([N-]c2c[n+](C(C)Cc3ccccc3)no2)O1. The number of rotatable bonds is 5. The molecule has 0 aliphatic carbocycles. The monoisotopic (exact) mass is 321 g/mol. The van der Waals surface area contributed by atoms with Crippen molar-refractivity contribution in [1.82, 2.24) is 5.27 Å². The van der Waals surface area contributed by atoms with Crippen LogP contribution in [0.1, 0.15) is 31.9 Å². The van der Waals surface area contributed by atoms with Gasteiger partial charge in [0.15, 0.2) is 11.3 Å². The molecule has 7 heteroatoms. The molecule has 3 atom stereocenters. The van der Waals surface area contributed by atoms with Crippen LogP contribution in [0.15, 0.2) is 41.1 Å². The molecule has 2 heterocycles. The third-order valence-electron chi connectivity index (χ3n) is 3.47. The topological polar surface area (TPSA) is 62.5 Å². The molecule has 1 aromatic heterocycles. The second-order valence-electron chi connectivity index (χ2n) is 5.43. The van der Waals surface area contributed by atoms with Crippen molar-refractivity contribution < 1.29 is 18.3 Å². The lowest BCUT2D eigenvalue weighted by Gasteiger charge is -2.35. The first kappa shape index (κ1) is 15.4. The molecule has 0 saturated carbocycles. The Labute approximate surface area is 131 Å². The van der Waals surface area contributed by atoms with E-state index in [2.05, 4.69) is 29.4 Å². The highest BCUT2D eigenvalue weighted by atomic mass is 31.2. The molecule has 0 radical (unpaired) electrons. The molecular formula is C15H20N3O3P. The van der Waals surface area contributed by atoms with E-state index in [4.69, 9.17) is 13.6 Å². The first-order valence-corrected chi connectivity index (χ1v) is 8.57. The maximum absolute atomic E-state index is 5.63. The third kappa shape index (κ3) is 4.03. The highest BCUT2D eigenvalue weighted by Crippen LogP contribution is 2.53. The van der Waals surface area contributed by atoms with E-state index >= 15 is 0 Å². The summed E-state index contributed by atoms with van der Waals surface area (Å²) < 4.78 is 18.2. The molecule has 1 aromatic carbocycles. The summed E-state index contributed by atoms with van der Waals surface area (Å²) in [7, 11) is -1.26. The van der Waals surface area contributed by atoms with E-state index in [1.807, 2.05) is 25.1 Å². The van der Waals surface area contributed by atoms with Gasteiger partial charge in [-0.15, -0.1) is 0 Å². The summed E-state index contributed by atoms with van der Waals surface area (Å²) in [5.74, 6) is 0.445. The Balaban J connectivity index is 1.58. The molecule has 0 N–H and O–H groups in total. The summed E-state index contributed by atoms with van der Waals surface area (Å²) in [6.07, 6.45) is 3.76. The standard InChI is InChI=1S/C15H20N3O3P/c1-12(10-14-6-4-3-5-7-14)18-11-15(20-17-18)16-22-19-9-8-13(2)21-22/h3-7,11-13H,8-10H2,1-2H3. The summed E-state index contributed by atoms with van der Waals surface area (Å²) in [5.41, 5.74) is 1.26. The fourth-order valence-electron chi connectivity index (χ4n) is 2.22. The van der Waals surface area contributed by atoms with Crippen LogP contribution in [-0.4, -0.2) is 18.0 Å². The molecule has 1 aliphatic rings. The fourth-order valence-corrected chi connectivity index (χ4v) is 3.31. The quantitative estimate of drug-likeness (QED) is 0.620. The molecule has 3 unspecified atom stereocenters. The van der Waals surface area contributed by atoms with Crippen molar-refractivity contribution in [2.75, 3.05) is 6.61 Å². The Morgan fingerprint density at radius 1 is 1.41 bits per heavy atom. The largest absolute Gasteiger partial charge is 0.576 e. The Kier molecular flexibility index (Phi) is 5.03. The maximum atomic E-state index is 5.63. The summed E-state index contributed by atoms with van der Waals surface area (Å²) in [6.45, 7) is 4.80. The molecule has 2 aromatic rings. The first-order valence-electron chi connectivity index (χ1n) is 7.44. The molecule has 0 bridgehead atoms. The smallest absolute Gasteiger partial charge is 0.223 e. The Morgan fingerprint density at radius 2 is 2.23 bits per heavy atom. The predicted molar refractivity (Wildman–Crippen MR) is 82.6 cm³/mol. The van der Waals surface area contributed by atoms with Gasteiger partial charge < -0.3 is 18.7 Å². The van der Waals surface area contributed by atoms with Crippen LogP contribution in [-0.2, 0) is 15.5 Å². The van der Waals surface area contributed by atoms with Crippen LogP contribution < -0.4 is 4.68 Å². The van der Waals surface area contributed by atoms with Gasteiger partial charge in [0, 0.05) is 13.3 Å². The van der Waals surface area contributed by atoms with E-state index < -0.39 is 8.53 Å². The van der Waals surface area contributed by atoms with Gasteiger partial charge >= 0.3 is 0 Å². The number of aromatic nitrogens is 2. The molecule has 3 rings (SSSR count). The van der Waals surface area contributed by atoms with E-state index in [0.29, 0.717) is 12.5 Å². The zero-order valence-electron chi connectivity index (χ0n) is 12.8. The van der Waals surface area contributed by atoms with Gasteiger partial charge in [0.25, 0.3) is 0 Å². The Hall–Kier alpha value is -1.49. The van der Waals surface area contributed by atoms with Gasteiger partial charge in [0.05, 0.1) is 21.2 Å². The molecule has 22 heavy (non-hydrogen) atoms. The van der Waals surface area contributed by atoms with Gasteiger partial charge in [-0.05, 0) is 18.9 Å². The minimum atomic E-state index is -1.26. The summed E-state index contributed by atoms with van der Waals surface area (Å²) in [5, 5.41) is 8.39. The van der Waals surface area contributed by atoms with Gasteiger partial charge in [-0.1, -0.05) is 35.0 Å². The second-order valence-corrected chi connectivity index (χ2v) is 6.58. The van der Waals surface area contributed by atoms with E-state index in [1.165, 1.54) is 5.56 Å². The van der Waals surface area contributed by atoms with Gasteiger partial charge in [0.2, 0.25) is 6.20 Å². The number of hydrogen-bond acceptors (Lipinski definition) is 4. The lowest BCUT2D eigenvalue weighted by atomic mass is 10.1. The van der Waals surface area contributed by atoms with Gasteiger partial charge in [-0.25, -0.2) is 0 Å². The van der Waals surface area contributed by atoms with Gasteiger partial charge in [-0.3, -0.25) is 0 Å². The zero-order valence-corrected chi connectivity index (χ0v) is 13.6. The van der Waals surface area contributed by atoms with Crippen molar-refractivity contribution in [3.63, 3.8) is 0 Å². The minimum Gasteiger partial charge on any atom is -0.576 e. The second kappa shape index (κ2) is 7.18. The zero-order chi connectivity index (χ0) is 15.4. The maximum Gasteiger partial charge on any atom is 0.223 e. The lowest BCUT2D eigenvalue weighted by Crippen LogP contribution is -2.39. The molecule has 118 valence electrons. The number of nitrogens with zero attached hydrogens (tertiary/aromatic N) is 3. The van der Waals surface area contributed by atoms with E-state index in [1.54, 1.807) is 10.9 Å². The van der Waals surface area contributed by atoms with Crippen LogP contribution in [0.3, 0.4) is 0 Å². The van der Waals surface area contributed by atoms with Crippen molar-refractivity contribution in [1.29, 1.82) is 0 Å². The first-order chi connectivity index (χ1) is 10.7. The highest BCUT2D eigenvalue weighted by Gasteiger charge is 2.19. The van der Waals surface area contributed by atoms with Gasteiger partial charge in [-0.2, -0.15) is 0 Å². The van der Waals surface area contributed by atoms with Gasteiger partial charge in [0.1, 0.15) is 5.88 Å². The van der Waals surface area contributed by atoms with E-state index in [-0.39, 0.29) is 12.1 Å². The van der Waals surface area contributed by atoms with Crippen LogP contribution in [0.2, 0.25) is 0 Å². The van der Waals surface area contributed by atoms with Crippen LogP contribution >= 0.6 is 8.53 Å². The molecule has 1 fully saturated rings. The summed E-state index contributed by atoms with van der Waals surface area (Å²) >= 11 is 0. The fraction of sp³-hybridized carbons (Fsp3) is 0.467. The van der Waals surface area contributed by atoms with Crippen molar-refractivity contribution >= 4 is 14.4 Å². The molecule has 1 saturated heterocycles.